The van der Waals surface area contributed by atoms with Crippen LogP contribution >= 0.6 is 12.2 Å². The third kappa shape index (κ3) is 2.68. The number of aryl methyl sites for hydroxylation is 2. The molecular weight excluding hydrogens is 226 g/mol. The summed E-state index contributed by atoms with van der Waals surface area (Å²) in [4.78, 5) is 0.672. The van der Waals surface area contributed by atoms with Gasteiger partial charge < -0.3 is 5.73 Å². The fourth-order valence-corrected chi connectivity index (χ4v) is 3.34. The zero-order valence-corrected chi connectivity index (χ0v) is 11.5. The molecule has 0 aliphatic heterocycles. The molecule has 1 aromatic rings. The highest BCUT2D eigenvalue weighted by Crippen LogP contribution is 2.38. The second-order valence-electron chi connectivity index (χ2n) is 5.28. The molecule has 1 aliphatic rings. The lowest BCUT2D eigenvalue weighted by Crippen LogP contribution is -2.26. The molecule has 0 amide bonds. The Morgan fingerprint density at radius 1 is 1.29 bits per heavy atom. The van der Waals surface area contributed by atoms with Crippen molar-refractivity contribution in [1.29, 1.82) is 0 Å². The number of hydrogen-bond donors (Lipinski definition) is 1. The van der Waals surface area contributed by atoms with Crippen LogP contribution in [0.2, 0.25) is 0 Å². The standard InChI is InChI=1S/C15H21NS/c1-10-7-8-11(2)13(9-10)14(15(16)17)12-5-3-4-6-12/h7-9,12,14H,3-6H2,1-2H3,(H2,16,17). The molecule has 0 spiro atoms. The molecule has 1 fully saturated rings. The molecule has 1 unspecified atom stereocenters. The van der Waals surface area contributed by atoms with Crippen molar-refractivity contribution in [3.8, 4) is 0 Å². The summed E-state index contributed by atoms with van der Waals surface area (Å²) in [5, 5.41) is 0. The number of nitrogens with two attached hydrogens (primary N) is 1. The molecule has 1 atom stereocenters. The van der Waals surface area contributed by atoms with Crippen LogP contribution in [-0.2, 0) is 0 Å². The Kier molecular flexibility index (Phi) is 3.82. The lowest BCUT2D eigenvalue weighted by molar-refractivity contribution is 0.513. The van der Waals surface area contributed by atoms with Gasteiger partial charge in [-0.3, -0.25) is 0 Å². The molecule has 0 bridgehead atoms. The summed E-state index contributed by atoms with van der Waals surface area (Å²) in [5.74, 6) is 0.945. The minimum atomic E-state index is 0.285. The fourth-order valence-electron chi connectivity index (χ4n) is 3.03. The SMILES string of the molecule is Cc1ccc(C)c(C(C(N)=S)C2CCCC2)c1. The van der Waals surface area contributed by atoms with Crippen molar-refractivity contribution in [3.05, 3.63) is 34.9 Å². The van der Waals surface area contributed by atoms with Gasteiger partial charge in [-0.05, 0) is 43.7 Å². The maximum atomic E-state index is 6.00. The second kappa shape index (κ2) is 5.18. The monoisotopic (exact) mass is 247 g/mol. The predicted molar refractivity (Wildman–Crippen MR) is 77.4 cm³/mol. The first-order chi connectivity index (χ1) is 8.09. The molecule has 0 aromatic heterocycles. The minimum Gasteiger partial charge on any atom is -0.393 e. The normalized spacial score (nSPS) is 18.2. The van der Waals surface area contributed by atoms with Crippen LogP contribution in [0.4, 0.5) is 0 Å². The Hall–Kier alpha value is -0.890. The lowest BCUT2D eigenvalue weighted by atomic mass is 9.82. The summed E-state index contributed by atoms with van der Waals surface area (Å²) in [6.45, 7) is 4.29. The Morgan fingerprint density at radius 3 is 2.53 bits per heavy atom. The summed E-state index contributed by atoms with van der Waals surface area (Å²) >= 11 is 5.32. The van der Waals surface area contributed by atoms with Crippen LogP contribution in [-0.4, -0.2) is 4.99 Å². The number of benzene rings is 1. The molecule has 1 nitrogen and oxygen atoms in total. The van der Waals surface area contributed by atoms with E-state index in [2.05, 4.69) is 32.0 Å². The van der Waals surface area contributed by atoms with Gasteiger partial charge in [-0.15, -0.1) is 0 Å². The maximum absolute atomic E-state index is 6.00. The van der Waals surface area contributed by atoms with Crippen LogP contribution in [0.5, 0.6) is 0 Å². The number of thiocarbonyl (C=S) groups is 1. The highest BCUT2D eigenvalue weighted by Gasteiger charge is 2.29. The van der Waals surface area contributed by atoms with Gasteiger partial charge in [0.1, 0.15) is 0 Å². The van der Waals surface area contributed by atoms with Gasteiger partial charge in [0.15, 0.2) is 0 Å². The quantitative estimate of drug-likeness (QED) is 0.821. The third-order valence-electron chi connectivity index (χ3n) is 3.95. The van der Waals surface area contributed by atoms with Gasteiger partial charge in [0.05, 0.1) is 4.99 Å². The first-order valence-corrected chi connectivity index (χ1v) is 6.87. The van der Waals surface area contributed by atoms with E-state index < -0.39 is 0 Å². The molecule has 1 aliphatic carbocycles. The van der Waals surface area contributed by atoms with Gasteiger partial charge in [0.2, 0.25) is 0 Å². The summed E-state index contributed by atoms with van der Waals surface area (Å²) in [6, 6.07) is 6.60. The summed E-state index contributed by atoms with van der Waals surface area (Å²) in [7, 11) is 0. The molecule has 17 heavy (non-hydrogen) atoms. The van der Waals surface area contributed by atoms with Crippen molar-refractivity contribution in [3.63, 3.8) is 0 Å². The van der Waals surface area contributed by atoms with Crippen molar-refractivity contribution < 1.29 is 0 Å². The predicted octanol–water partition coefficient (Wildman–Crippen LogP) is 3.86. The van der Waals surface area contributed by atoms with Crippen molar-refractivity contribution in [1.82, 2.24) is 0 Å². The lowest BCUT2D eigenvalue weighted by Gasteiger charge is -2.24. The van der Waals surface area contributed by atoms with Crippen molar-refractivity contribution >= 4 is 17.2 Å². The van der Waals surface area contributed by atoms with E-state index in [1.165, 1.54) is 42.4 Å². The minimum absolute atomic E-state index is 0.285. The molecular formula is C15H21NS. The topological polar surface area (TPSA) is 26.0 Å². The van der Waals surface area contributed by atoms with Gasteiger partial charge >= 0.3 is 0 Å². The van der Waals surface area contributed by atoms with Crippen LogP contribution in [0.25, 0.3) is 0 Å². The van der Waals surface area contributed by atoms with Gasteiger partial charge in [0, 0.05) is 5.92 Å². The average molecular weight is 247 g/mol. The third-order valence-corrected chi connectivity index (χ3v) is 4.20. The molecule has 2 N–H and O–H groups in total. The zero-order valence-electron chi connectivity index (χ0n) is 10.7. The molecule has 2 heteroatoms. The van der Waals surface area contributed by atoms with Crippen LogP contribution in [0.1, 0.15) is 48.3 Å². The van der Waals surface area contributed by atoms with Gasteiger partial charge in [-0.2, -0.15) is 0 Å². The van der Waals surface area contributed by atoms with E-state index in [4.69, 9.17) is 18.0 Å². The summed E-state index contributed by atoms with van der Waals surface area (Å²) in [5.41, 5.74) is 9.97. The van der Waals surface area contributed by atoms with E-state index in [0.29, 0.717) is 10.9 Å². The smallest absolute Gasteiger partial charge is 0.0806 e. The Bertz CT molecular complexity index is 419. The molecule has 1 aromatic carbocycles. The highest BCUT2D eigenvalue weighted by atomic mass is 32.1. The van der Waals surface area contributed by atoms with Gasteiger partial charge in [-0.25, -0.2) is 0 Å². The maximum Gasteiger partial charge on any atom is 0.0806 e. The summed E-state index contributed by atoms with van der Waals surface area (Å²) in [6.07, 6.45) is 5.20. The molecule has 92 valence electrons. The van der Waals surface area contributed by atoms with Crippen molar-refractivity contribution in [2.45, 2.75) is 45.4 Å². The Labute approximate surface area is 109 Å². The van der Waals surface area contributed by atoms with Crippen LogP contribution in [0.15, 0.2) is 18.2 Å². The summed E-state index contributed by atoms with van der Waals surface area (Å²) < 4.78 is 0. The first-order valence-electron chi connectivity index (χ1n) is 6.46. The van der Waals surface area contributed by atoms with Crippen molar-refractivity contribution in [2.75, 3.05) is 0 Å². The van der Waals surface area contributed by atoms with Crippen molar-refractivity contribution in [2.24, 2.45) is 11.7 Å². The molecule has 0 radical (unpaired) electrons. The van der Waals surface area contributed by atoms with E-state index >= 15 is 0 Å². The molecule has 1 saturated carbocycles. The van der Waals surface area contributed by atoms with E-state index in [1.54, 1.807) is 0 Å². The Morgan fingerprint density at radius 2 is 1.94 bits per heavy atom. The van der Waals surface area contributed by atoms with Crippen LogP contribution in [0, 0.1) is 19.8 Å². The van der Waals surface area contributed by atoms with Gasteiger partial charge in [-0.1, -0.05) is 48.8 Å². The van der Waals surface area contributed by atoms with E-state index in [9.17, 15) is 0 Å². The largest absolute Gasteiger partial charge is 0.393 e. The number of rotatable bonds is 3. The Balaban J connectivity index is 2.37. The van der Waals surface area contributed by atoms with Crippen LogP contribution in [0.3, 0.4) is 0 Å². The first kappa shape index (κ1) is 12.6. The molecule has 0 heterocycles. The average Bonchev–Trinajstić information content (AvgIpc) is 2.76. The highest BCUT2D eigenvalue weighted by molar-refractivity contribution is 7.80. The molecule has 0 saturated heterocycles. The zero-order chi connectivity index (χ0) is 12.4. The number of hydrogen-bond acceptors (Lipinski definition) is 1. The van der Waals surface area contributed by atoms with Gasteiger partial charge in [0.25, 0.3) is 0 Å². The van der Waals surface area contributed by atoms with E-state index in [1.807, 2.05) is 0 Å². The van der Waals surface area contributed by atoms with E-state index in [0.717, 1.165) is 0 Å². The fraction of sp³-hybridized carbons (Fsp3) is 0.533. The second-order valence-corrected chi connectivity index (χ2v) is 5.76. The van der Waals surface area contributed by atoms with Crippen LogP contribution < -0.4 is 5.73 Å². The van der Waals surface area contributed by atoms with E-state index in [-0.39, 0.29) is 5.92 Å². The molecule has 2 rings (SSSR count).